The van der Waals surface area contributed by atoms with Crippen molar-refractivity contribution in [2.24, 2.45) is 0 Å². The molecule has 1 aliphatic heterocycles. The van der Waals surface area contributed by atoms with E-state index in [2.05, 4.69) is 34.9 Å². The molecule has 1 aromatic rings. The van der Waals surface area contributed by atoms with Crippen LogP contribution in [0.2, 0.25) is 0 Å². The van der Waals surface area contributed by atoms with E-state index in [0.717, 1.165) is 25.0 Å². The van der Waals surface area contributed by atoms with Crippen LogP contribution in [0.4, 0.5) is 5.69 Å². The molecule has 0 radical (unpaired) electrons. The second-order valence-electron chi connectivity index (χ2n) is 4.40. The van der Waals surface area contributed by atoms with Gasteiger partial charge < -0.3 is 10.6 Å². The van der Waals surface area contributed by atoms with Crippen molar-refractivity contribution in [2.45, 2.75) is 24.8 Å². The Bertz CT molecular complexity index is 310. The van der Waals surface area contributed by atoms with Crippen LogP contribution in [0.25, 0.3) is 0 Å². The smallest absolute Gasteiger partial charge is 0.0342 e. The van der Waals surface area contributed by atoms with E-state index in [9.17, 15) is 0 Å². The minimum absolute atomic E-state index is 0.755. The van der Waals surface area contributed by atoms with Gasteiger partial charge in [0.05, 0.1) is 0 Å². The number of rotatable bonds is 3. The molecule has 1 heterocycles. The first-order valence-electron chi connectivity index (χ1n) is 5.49. The van der Waals surface area contributed by atoms with Crippen molar-refractivity contribution in [1.29, 1.82) is 0 Å². The standard InChI is InChI=1S/C12H16N2/c1-3-11(14-12-5-6-12)4-2-9(1)10-7-13-8-10/h1-4,10,12-14H,5-8H2. The third-order valence-electron chi connectivity index (χ3n) is 3.11. The van der Waals surface area contributed by atoms with Crippen molar-refractivity contribution in [3.8, 4) is 0 Å². The second kappa shape index (κ2) is 3.28. The van der Waals surface area contributed by atoms with Gasteiger partial charge >= 0.3 is 0 Å². The van der Waals surface area contributed by atoms with E-state index >= 15 is 0 Å². The number of nitrogens with one attached hydrogen (secondary N) is 2. The molecule has 2 heteroatoms. The zero-order valence-electron chi connectivity index (χ0n) is 8.29. The summed E-state index contributed by atoms with van der Waals surface area (Å²) in [4.78, 5) is 0. The van der Waals surface area contributed by atoms with Crippen molar-refractivity contribution in [1.82, 2.24) is 5.32 Å². The van der Waals surface area contributed by atoms with Gasteiger partial charge in [-0.15, -0.1) is 0 Å². The molecule has 1 aliphatic carbocycles. The van der Waals surface area contributed by atoms with Gasteiger partial charge in [-0.2, -0.15) is 0 Å². The van der Waals surface area contributed by atoms with Crippen LogP contribution < -0.4 is 10.6 Å². The predicted molar refractivity (Wildman–Crippen MR) is 58.7 cm³/mol. The van der Waals surface area contributed by atoms with E-state index < -0.39 is 0 Å². The molecule has 2 fully saturated rings. The molecule has 1 saturated heterocycles. The van der Waals surface area contributed by atoms with Crippen LogP contribution in [0.1, 0.15) is 24.3 Å². The van der Waals surface area contributed by atoms with Gasteiger partial charge in [-0.05, 0) is 30.5 Å². The van der Waals surface area contributed by atoms with Gasteiger partial charge in [0.25, 0.3) is 0 Å². The Balaban J connectivity index is 1.69. The molecule has 2 nitrogen and oxygen atoms in total. The van der Waals surface area contributed by atoms with Gasteiger partial charge in [0.15, 0.2) is 0 Å². The molecule has 2 N–H and O–H groups in total. The van der Waals surface area contributed by atoms with Crippen molar-refractivity contribution >= 4 is 5.69 Å². The minimum atomic E-state index is 0.755. The van der Waals surface area contributed by atoms with E-state index in [-0.39, 0.29) is 0 Å². The highest BCUT2D eigenvalue weighted by Crippen LogP contribution is 2.26. The van der Waals surface area contributed by atoms with Gasteiger partial charge in [0.2, 0.25) is 0 Å². The third kappa shape index (κ3) is 1.62. The van der Waals surface area contributed by atoms with E-state index in [1.165, 1.54) is 24.1 Å². The average molecular weight is 188 g/mol. The SMILES string of the molecule is c1cc(C2CNC2)ccc1NC1CC1. The summed E-state index contributed by atoms with van der Waals surface area (Å²) >= 11 is 0. The Morgan fingerprint density at radius 3 is 2.29 bits per heavy atom. The molecule has 0 unspecified atom stereocenters. The van der Waals surface area contributed by atoms with Gasteiger partial charge in [-0.25, -0.2) is 0 Å². The van der Waals surface area contributed by atoms with Crippen LogP contribution in [0.3, 0.4) is 0 Å². The van der Waals surface area contributed by atoms with Gasteiger partial charge in [-0.3, -0.25) is 0 Å². The van der Waals surface area contributed by atoms with Crippen LogP contribution in [0, 0.1) is 0 Å². The first kappa shape index (κ1) is 8.30. The Morgan fingerprint density at radius 2 is 1.79 bits per heavy atom. The maximum Gasteiger partial charge on any atom is 0.0342 e. The van der Waals surface area contributed by atoms with E-state index in [1.807, 2.05) is 0 Å². The van der Waals surface area contributed by atoms with Crippen LogP contribution in [0.15, 0.2) is 24.3 Å². The summed E-state index contributed by atoms with van der Waals surface area (Å²) in [7, 11) is 0. The Morgan fingerprint density at radius 1 is 1.07 bits per heavy atom. The lowest BCUT2D eigenvalue weighted by molar-refractivity contribution is 0.448. The molecule has 0 aromatic heterocycles. The van der Waals surface area contributed by atoms with Crippen molar-refractivity contribution < 1.29 is 0 Å². The molecule has 14 heavy (non-hydrogen) atoms. The molecule has 1 aromatic carbocycles. The van der Waals surface area contributed by atoms with Gasteiger partial charge in [0.1, 0.15) is 0 Å². The number of anilines is 1. The molecule has 74 valence electrons. The summed E-state index contributed by atoms with van der Waals surface area (Å²) in [5.74, 6) is 0.755. The average Bonchev–Trinajstić information content (AvgIpc) is 2.89. The fraction of sp³-hybridized carbons (Fsp3) is 0.500. The maximum atomic E-state index is 3.50. The van der Waals surface area contributed by atoms with Crippen molar-refractivity contribution in [2.75, 3.05) is 18.4 Å². The van der Waals surface area contributed by atoms with E-state index in [1.54, 1.807) is 0 Å². The molecular formula is C12H16N2. The topological polar surface area (TPSA) is 24.1 Å². The quantitative estimate of drug-likeness (QED) is 0.757. The van der Waals surface area contributed by atoms with Gasteiger partial charge in [-0.1, -0.05) is 12.1 Å². The van der Waals surface area contributed by atoms with Crippen LogP contribution in [-0.4, -0.2) is 19.1 Å². The van der Waals surface area contributed by atoms with E-state index in [4.69, 9.17) is 0 Å². The summed E-state index contributed by atoms with van der Waals surface area (Å²) in [6.07, 6.45) is 2.68. The third-order valence-corrected chi connectivity index (χ3v) is 3.11. The number of hydrogen-bond acceptors (Lipinski definition) is 2. The maximum absolute atomic E-state index is 3.50. The van der Waals surface area contributed by atoms with Crippen LogP contribution >= 0.6 is 0 Å². The largest absolute Gasteiger partial charge is 0.382 e. The highest BCUT2D eigenvalue weighted by atomic mass is 15.0. The lowest BCUT2D eigenvalue weighted by atomic mass is 9.94. The normalized spacial score (nSPS) is 21.7. The Labute approximate surface area is 84.7 Å². The lowest BCUT2D eigenvalue weighted by Gasteiger charge is -2.27. The van der Waals surface area contributed by atoms with E-state index in [0.29, 0.717) is 0 Å². The fourth-order valence-electron chi connectivity index (χ4n) is 1.84. The molecule has 1 saturated carbocycles. The Hall–Kier alpha value is -1.02. The first-order chi connectivity index (χ1) is 6.92. The Kier molecular flexibility index (Phi) is 1.95. The molecule has 0 atom stereocenters. The lowest BCUT2D eigenvalue weighted by Crippen LogP contribution is -2.39. The van der Waals surface area contributed by atoms with Crippen LogP contribution in [0.5, 0.6) is 0 Å². The summed E-state index contributed by atoms with van der Waals surface area (Å²) in [6, 6.07) is 9.70. The highest BCUT2D eigenvalue weighted by Gasteiger charge is 2.21. The fourth-order valence-corrected chi connectivity index (χ4v) is 1.84. The summed E-state index contributed by atoms with van der Waals surface area (Å²) in [5, 5.41) is 6.80. The van der Waals surface area contributed by atoms with Crippen LogP contribution in [-0.2, 0) is 0 Å². The zero-order chi connectivity index (χ0) is 9.38. The molecule has 0 amide bonds. The first-order valence-corrected chi connectivity index (χ1v) is 5.49. The molecule has 3 rings (SSSR count). The molecule has 2 aliphatic rings. The summed E-state index contributed by atoms with van der Waals surface area (Å²) in [5.41, 5.74) is 2.76. The zero-order valence-corrected chi connectivity index (χ0v) is 8.29. The van der Waals surface area contributed by atoms with Crippen molar-refractivity contribution in [3.05, 3.63) is 29.8 Å². The second-order valence-corrected chi connectivity index (χ2v) is 4.40. The number of hydrogen-bond donors (Lipinski definition) is 2. The molecule has 0 bridgehead atoms. The monoisotopic (exact) mass is 188 g/mol. The molecular weight excluding hydrogens is 172 g/mol. The number of benzene rings is 1. The minimum Gasteiger partial charge on any atom is -0.382 e. The van der Waals surface area contributed by atoms with Gasteiger partial charge in [0, 0.05) is 30.7 Å². The predicted octanol–water partition coefficient (Wildman–Crippen LogP) is 1.95. The highest BCUT2D eigenvalue weighted by molar-refractivity contribution is 5.47. The summed E-state index contributed by atoms with van der Waals surface area (Å²) < 4.78 is 0. The van der Waals surface area contributed by atoms with Crippen molar-refractivity contribution in [3.63, 3.8) is 0 Å². The molecule has 0 spiro atoms. The summed E-state index contributed by atoms with van der Waals surface area (Å²) in [6.45, 7) is 2.30.